The number of quaternary nitrogens is 1. The molecule has 13 heavy (non-hydrogen) atoms. The van der Waals surface area contributed by atoms with Crippen molar-refractivity contribution in [1.29, 1.82) is 0 Å². The Hall–Kier alpha value is -1.35. The molecule has 0 saturated heterocycles. The molecule has 3 nitrogen and oxygen atoms in total. The number of aliphatic carboxylic acids is 1. The van der Waals surface area contributed by atoms with Crippen molar-refractivity contribution in [2.45, 2.75) is 18.9 Å². The first-order chi connectivity index (χ1) is 6.13. The van der Waals surface area contributed by atoms with Crippen LogP contribution in [0.5, 0.6) is 0 Å². The molecule has 0 spiro atoms. The quantitative estimate of drug-likeness (QED) is 0.656. The van der Waals surface area contributed by atoms with Gasteiger partial charge in [-0.3, -0.25) is 0 Å². The zero-order valence-corrected chi connectivity index (χ0v) is 7.57. The van der Waals surface area contributed by atoms with Crippen LogP contribution < -0.4 is 10.8 Å². The second kappa shape index (κ2) is 4.05. The topological polar surface area (TPSA) is 67.8 Å². The van der Waals surface area contributed by atoms with E-state index in [0.717, 1.165) is 5.56 Å². The minimum atomic E-state index is -1.10. The van der Waals surface area contributed by atoms with Crippen molar-refractivity contribution in [3.8, 4) is 0 Å². The average molecular weight is 179 g/mol. The SMILES string of the molecule is C[C@H](c1ccccc1)[C@@H]([NH3+])C(=O)[O-]. The minimum absolute atomic E-state index is 0.105. The third-order valence-electron chi connectivity index (χ3n) is 2.23. The average Bonchev–Trinajstić information content (AvgIpc) is 2.17. The molecule has 0 bridgehead atoms. The number of hydrogen-bond donors (Lipinski definition) is 1. The molecule has 0 heterocycles. The highest BCUT2D eigenvalue weighted by Crippen LogP contribution is 2.15. The normalized spacial score (nSPS) is 14.9. The van der Waals surface area contributed by atoms with Crippen molar-refractivity contribution in [2.24, 2.45) is 0 Å². The van der Waals surface area contributed by atoms with Crippen LogP contribution in [0.15, 0.2) is 30.3 Å². The fourth-order valence-electron chi connectivity index (χ4n) is 1.19. The third-order valence-corrected chi connectivity index (χ3v) is 2.23. The number of hydrogen-bond acceptors (Lipinski definition) is 2. The first-order valence-corrected chi connectivity index (χ1v) is 4.22. The van der Waals surface area contributed by atoms with Gasteiger partial charge in [-0.25, -0.2) is 0 Å². The smallest absolute Gasteiger partial charge is 0.131 e. The summed E-state index contributed by atoms with van der Waals surface area (Å²) in [6, 6.07) is 8.76. The van der Waals surface area contributed by atoms with Crippen LogP contribution in [0.25, 0.3) is 0 Å². The summed E-state index contributed by atoms with van der Waals surface area (Å²) in [6.45, 7) is 1.84. The highest BCUT2D eigenvalue weighted by molar-refractivity contribution is 5.70. The molecule has 0 fully saturated rings. The van der Waals surface area contributed by atoms with Gasteiger partial charge in [0.15, 0.2) is 0 Å². The zero-order chi connectivity index (χ0) is 9.84. The number of carbonyl (C=O) groups is 1. The Morgan fingerprint density at radius 3 is 2.38 bits per heavy atom. The van der Waals surface area contributed by atoms with Crippen molar-refractivity contribution in [2.75, 3.05) is 0 Å². The molecule has 0 amide bonds. The van der Waals surface area contributed by atoms with Crippen molar-refractivity contribution in [1.82, 2.24) is 0 Å². The molecule has 1 aromatic rings. The molecular formula is C10H13NO2. The van der Waals surface area contributed by atoms with E-state index < -0.39 is 12.0 Å². The van der Waals surface area contributed by atoms with Crippen molar-refractivity contribution >= 4 is 5.97 Å². The van der Waals surface area contributed by atoms with Gasteiger partial charge >= 0.3 is 0 Å². The van der Waals surface area contributed by atoms with Crippen LogP contribution in [0, 0.1) is 0 Å². The molecule has 0 aliphatic heterocycles. The number of carboxylic acids is 1. The van der Waals surface area contributed by atoms with Gasteiger partial charge in [0.1, 0.15) is 6.04 Å². The van der Waals surface area contributed by atoms with E-state index in [1.807, 2.05) is 37.3 Å². The standard InChI is InChI=1S/C10H13NO2/c1-7(9(11)10(12)13)8-5-3-2-4-6-8/h2-7,9H,11H2,1H3,(H,12,13)/t7-,9-/m1/s1. The van der Waals surface area contributed by atoms with Gasteiger partial charge in [0.05, 0.1) is 5.97 Å². The summed E-state index contributed by atoms with van der Waals surface area (Å²) in [5.74, 6) is -1.21. The summed E-state index contributed by atoms with van der Waals surface area (Å²) in [5, 5.41) is 10.5. The first-order valence-electron chi connectivity index (χ1n) is 4.22. The summed E-state index contributed by atoms with van der Waals surface area (Å²) in [7, 11) is 0. The number of carbonyl (C=O) groups excluding carboxylic acids is 1. The fraction of sp³-hybridized carbons (Fsp3) is 0.300. The predicted molar refractivity (Wildman–Crippen MR) is 46.5 cm³/mol. The minimum Gasteiger partial charge on any atom is -0.544 e. The molecule has 0 aromatic heterocycles. The van der Waals surface area contributed by atoms with Crippen LogP contribution in [0.2, 0.25) is 0 Å². The molecule has 0 radical (unpaired) electrons. The maximum absolute atomic E-state index is 10.5. The number of benzene rings is 1. The largest absolute Gasteiger partial charge is 0.544 e. The second-order valence-electron chi connectivity index (χ2n) is 3.12. The molecule has 1 rings (SSSR count). The Kier molecular flexibility index (Phi) is 3.03. The molecule has 0 aliphatic carbocycles. The number of carboxylic acid groups (broad SMARTS) is 1. The molecular weight excluding hydrogens is 166 g/mol. The van der Waals surface area contributed by atoms with Gasteiger partial charge in [0.2, 0.25) is 0 Å². The summed E-state index contributed by atoms with van der Waals surface area (Å²) >= 11 is 0. The Bertz CT molecular complexity index is 284. The van der Waals surface area contributed by atoms with E-state index in [-0.39, 0.29) is 5.92 Å². The molecule has 0 unspecified atom stereocenters. The van der Waals surface area contributed by atoms with Gasteiger partial charge in [0.25, 0.3) is 0 Å². The Balaban J connectivity index is 2.79. The van der Waals surface area contributed by atoms with Crippen LogP contribution in [0.1, 0.15) is 18.4 Å². The van der Waals surface area contributed by atoms with Crippen molar-refractivity contribution < 1.29 is 15.6 Å². The maximum atomic E-state index is 10.5. The third kappa shape index (κ3) is 2.29. The van der Waals surface area contributed by atoms with Crippen LogP contribution in [-0.2, 0) is 4.79 Å². The van der Waals surface area contributed by atoms with Crippen LogP contribution in [-0.4, -0.2) is 12.0 Å². The van der Waals surface area contributed by atoms with Crippen LogP contribution >= 0.6 is 0 Å². The predicted octanol–water partition coefficient (Wildman–Crippen LogP) is -0.849. The van der Waals surface area contributed by atoms with Gasteiger partial charge in [-0.15, -0.1) is 0 Å². The molecule has 70 valence electrons. The van der Waals surface area contributed by atoms with Gasteiger partial charge in [-0.05, 0) is 5.56 Å². The highest BCUT2D eigenvalue weighted by atomic mass is 16.4. The van der Waals surface area contributed by atoms with E-state index in [9.17, 15) is 9.90 Å². The number of rotatable bonds is 3. The Morgan fingerprint density at radius 1 is 1.38 bits per heavy atom. The van der Waals surface area contributed by atoms with Gasteiger partial charge in [-0.2, -0.15) is 0 Å². The summed E-state index contributed by atoms with van der Waals surface area (Å²) in [5.41, 5.74) is 4.53. The second-order valence-corrected chi connectivity index (χ2v) is 3.12. The van der Waals surface area contributed by atoms with Crippen LogP contribution in [0.4, 0.5) is 0 Å². The lowest BCUT2D eigenvalue weighted by Crippen LogP contribution is -2.70. The van der Waals surface area contributed by atoms with E-state index in [2.05, 4.69) is 5.73 Å². The summed E-state index contributed by atoms with van der Waals surface area (Å²) < 4.78 is 0. The van der Waals surface area contributed by atoms with Crippen molar-refractivity contribution in [3.05, 3.63) is 35.9 Å². The molecule has 3 heteroatoms. The highest BCUT2D eigenvalue weighted by Gasteiger charge is 2.18. The maximum Gasteiger partial charge on any atom is 0.131 e. The molecule has 1 aromatic carbocycles. The van der Waals surface area contributed by atoms with Gasteiger partial charge in [-0.1, -0.05) is 37.3 Å². The molecule has 0 aliphatic rings. The fourth-order valence-corrected chi connectivity index (χ4v) is 1.19. The lowest BCUT2D eigenvalue weighted by Gasteiger charge is -2.17. The molecule has 0 saturated carbocycles. The Morgan fingerprint density at radius 2 is 1.92 bits per heavy atom. The van der Waals surface area contributed by atoms with Gasteiger partial charge < -0.3 is 15.6 Å². The molecule has 3 N–H and O–H groups in total. The Labute approximate surface area is 77.2 Å². The summed E-state index contributed by atoms with van der Waals surface area (Å²) in [6.07, 6.45) is 0. The monoisotopic (exact) mass is 179 g/mol. The van der Waals surface area contributed by atoms with E-state index in [0.29, 0.717) is 0 Å². The first kappa shape index (κ1) is 9.74. The lowest BCUT2D eigenvalue weighted by molar-refractivity contribution is -0.441. The van der Waals surface area contributed by atoms with E-state index >= 15 is 0 Å². The van der Waals surface area contributed by atoms with E-state index in [1.54, 1.807) is 0 Å². The summed E-state index contributed by atoms with van der Waals surface area (Å²) in [4.78, 5) is 10.5. The van der Waals surface area contributed by atoms with E-state index in [4.69, 9.17) is 0 Å². The van der Waals surface area contributed by atoms with Crippen molar-refractivity contribution in [3.63, 3.8) is 0 Å². The van der Waals surface area contributed by atoms with E-state index in [1.165, 1.54) is 0 Å². The molecule has 2 atom stereocenters. The zero-order valence-electron chi connectivity index (χ0n) is 7.57. The van der Waals surface area contributed by atoms with Gasteiger partial charge in [0, 0.05) is 5.92 Å². The van der Waals surface area contributed by atoms with Crippen LogP contribution in [0.3, 0.4) is 0 Å². The lowest BCUT2D eigenvalue weighted by atomic mass is 9.94.